The largest absolute Gasteiger partial charge is 0.465 e. The lowest BCUT2D eigenvalue weighted by molar-refractivity contribution is -0.132. The molecule has 1 N–H and O–H groups in total. The van der Waals surface area contributed by atoms with Crippen LogP contribution in [-0.4, -0.2) is 31.4 Å². The van der Waals surface area contributed by atoms with Gasteiger partial charge in [0.2, 0.25) is 11.8 Å². The van der Waals surface area contributed by atoms with Crippen molar-refractivity contribution in [1.29, 1.82) is 0 Å². The van der Waals surface area contributed by atoms with Crippen LogP contribution in [0.15, 0.2) is 42.5 Å². The maximum absolute atomic E-state index is 13.2. The average Bonchev–Trinajstić information content (AvgIpc) is 3.42. The van der Waals surface area contributed by atoms with E-state index in [2.05, 4.69) is 5.32 Å². The third-order valence-electron chi connectivity index (χ3n) is 5.36. The number of carbonyl (C=O) groups is 3. The molecule has 6 nitrogen and oxygen atoms in total. The highest BCUT2D eigenvalue weighted by molar-refractivity contribution is 6.34. The van der Waals surface area contributed by atoms with Crippen LogP contribution in [0.25, 0.3) is 0 Å². The van der Waals surface area contributed by atoms with E-state index in [0.717, 1.165) is 17.7 Å². The van der Waals surface area contributed by atoms with E-state index in [-0.39, 0.29) is 22.2 Å². The van der Waals surface area contributed by atoms with Crippen molar-refractivity contribution in [3.8, 4) is 0 Å². The first-order chi connectivity index (χ1) is 13.5. The molecule has 0 spiro atoms. The van der Waals surface area contributed by atoms with Crippen LogP contribution in [0, 0.1) is 5.41 Å². The number of carbonyl (C=O) groups excluding carboxylic acids is 3. The summed E-state index contributed by atoms with van der Waals surface area (Å²) in [5.74, 6) is -1.11. The van der Waals surface area contributed by atoms with Crippen LogP contribution in [0.3, 0.4) is 0 Å². The fraction of sp³-hybridized carbons (Fsp3) is 0.286. The average molecular weight is 399 g/mol. The number of anilines is 2. The Morgan fingerprint density at radius 1 is 1.14 bits per heavy atom. The minimum absolute atomic E-state index is 0.185. The van der Waals surface area contributed by atoms with Crippen molar-refractivity contribution in [2.45, 2.75) is 19.3 Å². The highest BCUT2D eigenvalue weighted by Gasteiger charge is 2.58. The molecule has 0 unspecified atom stereocenters. The number of nitrogens with one attached hydrogen (secondary N) is 1. The summed E-state index contributed by atoms with van der Waals surface area (Å²) >= 11 is 6.17. The summed E-state index contributed by atoms with van der Waals surface area (Å²) in [6, 6.07) is 12.2. The lowest BCUT2D eigenvalue weighted by Gasteiger charge is -2.23. The molecule has 4 rings (SSSR count). The molecule has 2 amide bonds. The van der Waals surface area contributed by atoms with Gasteiger partial charge in [-0.1, -0.05) is 29.8 Å². The summed E-state index contributed by atoms with van der Waals surface area (Å²) in [5, 5.41) is 3.02. The second-order valence-corrected chi connectivity index (χ2v) is 7.47. The van der Waals surface area contributed by atoms with Crippen molar-refractivity contribution in [2.24, 2.45) is 5.41 Å². The van der Waals surface area contributed by atoms with E-state index in [0.29, 0.717) is 19.4 Å². The monoisotopic (exact) mass is 398 g/mol. The minimum atomic E-state index is -1.08. The summed E-state index contributed by atoms with van der Waals surface area (Å²) in [4.78, 5) is 39.6. The molecule has 1 aliphatic carbocycles. The molecule has 2 aromatic rings. The molecule has 144 valence electrons. The number of benzene rings is 2. The summed E-state index contributed by atoms with van der Waals surface area (Å²) in [7, 11) is 1.28. The molecule has 0 saturated heterocycles. The zero-order chi connectivity index (χ0) is 19.9. The summed E-state index contributed by atoms with van der Waals surface area (Å²) in [6.45, 7) is 0.575. The van der Waals surface area contributed by atoms with Gasteiger partial charge in [-0.3, -0.25) is 9.59 Å². The number of esters is 1. The topological polar surface area (TPSA) is 75.7 Å². The molecule has 0 radical (unpaired) electrons. The van der Waals surface area contributed by atoms with Gasteiger partial charge in [-0.05, 0) is 49.1 Å². The van der Waals surface area contributed by atoms with Crippen LogP contribution < -0.4 is 10.2 Å². The summed E-state index contributed by atoms with van der Waals surface area (Å²) in [5.41, 5.74) is 1.46. The number of hydrogen-bond acceptors (Lipinski definition) is 4. The summed E-state index contributed by atoms with van der Waals surface area (Å²) in [6.07, 6.45) is 1.77. The van der Waals surface area contributed by atoms with E-state index in [4.69, 9.17) is 16.3 Å². The second-order valence-electron chi connectivity index (χ2n) is 7.06. The van der Waals surface area contributed by atoms with E-state index in [9.17, 15) is 14.4 Å². The van der Waals surface area contributed by atoms with E-state index in [1.54, 1.807) is 4.90 Å². The predicted octanol–water partition coefficient (Wildman–Crippen LogP) is 3.43. The quantitative estimate of drug-likeness (QED) is 0.632. The number of nitrogens with zero attached hydrogens (tertiary/aromatic N) is 1. The van der Waals surface area contributed by atoms with Crippen LogP contribution in [0.5, 0.6) is 0 Å². The molecular weight excluding hydrogens is 380 g/mol. The van der Waals surface area contributed by atoms with Gasteiger partial charge in [0.15, 0.2) is 0 Å². The molecule has 7 heteroatoms. The number of methoxy groups -OCH3 is 1. The highest BCUT2D eigenvalue weighted by Crippen LogP contribution is 2.50. The number of hydrogen-bond donors (Lipinski definition) is 1. The number of fused-ring (bicyclic) bond motifs is 1. The van der Waals surface area contributed by atoms with Crippen molar-refractivity contribution in [3.05, 3.63) is 58.6 Å². The molecule has 0 atom stereocenters. The number of halogens is 1. The van der Waals surface area contributed by atoms with Crippen LogP contribution in [0.1, 0.15) is 28.8 Å². The fourth-order valence-corrected chi connectivity index (χ4v) is 3.74. The number of ether oxygens (including phenoxy) is 1. The number of amides is 2. The standard InChI is InChI=1S/C21H19ClN2O4/c1-28-18(25)14-6-7-15(22)16(12-14)23-19(26)21(9-10-21)20(27)24-11-8-13-4-2-3-5-17(13)24/h2-7,12H,8-11H2,1H3,(H,23,26). The Morgan fingerprint density at radius 2 is 1.89 bits per heavy atom. The smallest absolute Gasteiger partial charge is 0.337 e. The fourth-order valence-electron chi connectivity index (χ4n) is 3.58. The zero-order valence-corrected chi connectivity index (χ0v) is 16.1. The first-order valence-electron chi connectivity index (χ1n) is 9.05. The van der Waals surface area contributed by atoms with Crippen LogP contribution in [-0.2, 0) is 20.7 Å². The van der Waals surface area contributed by atoms with Crippen molar-refractivity contribution < 1.29 is 19.1 Å². The maximum Gasteiger partial charge on any atom is 0.337 e. The number of rotatable bonds is 4. The molecule has 28 heavy (non-hydrogen) atoms. The van der Waals surface area contributed by atoms with Crippen molar-refractivity contribution in [1.82, 2.24) is 0 Å². The van der Waals surface area contributed by atoms with Crippen LogP contribution in [0.4, 0.5) is 11.4 Å². The Bertz CT molecular complexity index is 984. The normalized spacial score (nSPS) is 16.3. The lowest BCUT2D eigenvalue weighted by atomic mass is 10.0. The molecule has 1 fully saturated rings. The highest BCUT2D eigenvalue weighted by atomic mass is 35.5. The van der Waals surface area contributed by atoms with E-state index in [1.807, 2.05) is 24.3 Å². The van der Waals surface area contributed by atoms with Gasteiger partial charge in [-0.2, -0.15) is 0 Å². The Balaban J connectivity index is 1.56. The van der Waals surface area contributed by atoms with Gasteiger partial charge < -0.3 is 15.0 Å². The third-order valence-corrected chi connectivity index (χ3v) is 5.69. The molecular formula is C21H19ClN2O4. The van der Waals surface area contributed by atoms with Gasteiger partial charge in [0.1, 0.15) is 5.41 Å². The predicted molar refractivity (Wildman–Crippen MR) is 106 cm³/mol. The Labute approximate surface area is 167 Å². The maximum atomic E-state index is 13.2. The Kier molecular flexibility index (Phi) is 4.59. The molecule has 1 saturated carbocycles. The molecule has 0 bridgehead atoms. The molecule has 1 aliphatic heterocycles. The van der Waals surface area contributed by atoms with Crippen molar-refractivity contribution >= 4 is 40.8 Å². The van der Waals surface area contributed by atoms with Crippen LogP contribution >= 0.6 is 11.6 Å². The van der Waals surface area contributed by atoms with Crippen LogP contribution in [0.2, 0.25) is 5.02 Å². The minimum Gasteiger partial charge on any atom is -0.465 e. The van der Waals surface area contributed by atoms with Gasteiger partial charge in [0.05, 0.1) is 23.4 Å². The van der Waals surface area contributed by atoms with Gasteiger partial charge >= 0.3 is 5.97 Å². The van der Waals surface area contributed by atoms with E-state index >= 15 is 0 Å². The first-order valence-corrected chi connectivity index (χ1v) is 9.43. The molecule has 1 heterocycles. The summed E-state index contributed by atoms with van der Waals surface area (Å²) < 4.78 is 4.70. The van der Waals surface area contributed by atoms with Crippen molar-refractivity contribution in [3.63, 3.8) is 0 Å². The van der Waals surface area contributed by atoms with Gasteiger partial charge in [-0.15, -0.1) is 0 Å². The van der Waals surface area contributed by atoms with Gasteiger partial charge in [0.25, 0.3) is 0 Å². The van der Waals surface area contributed by atoms with Gasteiger partial charge in [0, 0.05) is 12.2 Å². The molecule has 2 aromatic carbocycles. The second kappa shape index (κ2) is 6.95. The lowest BCUT2D eigenvalue weighted by Crippen LogP contribution is -2.42. The number of para-hydroxylation sites is 1. The van der Waals surface area contributed by atoms with E-state index in [1.165, 1.54) is 25.3 Å². The van der Waals surface area contributed by atoms with Crippen molar-refractivity contribution in [2.75, 3.05) is 23.9 Å². The SMILES string of the molecule is COC(=O)c1ccc(Cl)c(NC(=O)C2(C(=O)N3CCc4ccccc43)CC2)c1. The Morgan fingerprint density at radius 3 is 2.61 bits per heavy atom. The third kappa shape index (κ3) is 3.03. The zero-order valence-electron chi connectivity index (χ0n) is 15.3. The molecule has 0 aromatic heterocycles. The van der Waals surface area contributed by atoms with E-state index < -0.39 is 17.3 Å². The Hall–Kier alpha value is -2.86. The molecule has 2 aliphatic rings. The first kappa shape index (κ1) is 18.5. The van der Waals surface area contributed by atoms with Gasteiger partial charge in [-0.25, -0.2) is 4.79 Å².